The van der Waals surface area contributed by atoms with Crippen LogP contribution < -0.4 is 5.32 Å². The lowest BCUT2D eigenvalue weighted by molar-refractivity contribution is -0.134. The maximum Gasteiger partial charge on any atom is 0.222 e. The fourth-order valence-electron chi connectivity index (χ4n) is 4.87. The SMILES string of the molecule is CCN(C(=O)CCC1CCCCC1)C1CC2CCC(C1)N2. The minimum Gasteiger partial charge on any atom is -0.340 e. The summed E-state index contributed by atoms with van der Waals surface area (Å²) < 4.78 is 0. The topological polar surface area (TPSA) is 32.3 Å². The van der Waals surface area contributed by atoms with Crippen LogP contribution in [0.25, 0.3) is 0 Å². The molecule has 0 spiro atoms. The summed E-state index contributed by atoms with van der Waals surface area (Å²) in [6, 6.07) is 1.86. The van der Waals surface area contributed by atoms with Gasteiger partial charge in [0.25, 0.3) is 0 Å². The van der Waals surface area contributed by atoms with Crippen molar-refractivity contribution in [3.63, 3.8) is 0 Å². The summed E-state index contributed by atoms with van der Waals surface area (Å²) in [6.07, 6.45) is 13.8. The van der Waals surface area contributed by atoms with E-state index in [9.17, 15) is 4.79 Å². The third-order valence-corrected chi connectivity index (χ3v) is 6.04. The lowest BCUT2D eigenvalue weighted by atomic mass is 9.86. The molecule has 0 aromatic rings. The molecule has 2 saturated heterocycles. The normalized spacial score (nSPS) is 33.1. The molecule has 1 saturated carbocycles. The zero-order valence-electron chi connectivity index (χ0n) is 13.7. The zero-order valence-corrected chi connectivity index (χ0v) is 13.7. The number of nitrogens with zero attached hydrogens (tertiary/aromatic N) is 1. The van der Waals surface area contributed by atoms with Crippen molar-refractivity contribution in [1.82, 2.24) is 10.2 Å². The van der Waals surface area contributed by atoms with Crippen molar-refractivity contribution in [2.75, 3.05) is 6.54 Å². The number of hydrogen-bond donors (Lipinski definition) is 1. The number of fused-ring (bicyclic) bond motifs is 2. The molecule has 2 bridgehead atoms. The van der Waals surface area contributed by atoms with Crippen molar-refractivity contribution in [1.29, 1.82) is 0 Å². The van der Waals surface area contributed by atoms with Crippen LogP contribution in [0, 0.1) is 5.92 Å². The standard InChI is InChI=1S/C18H32N2O/c1-2-20(17-12-15-9-10-16(13-17)19-15)18(21)11-8-14-6-4-3-5-7-14/h14-17,19H,2-13H2,1H3. The summed E-state index contributed by atoms with van der Waals surface area (Å²) >= 11 is 0. The van der Waals surface area contributed by atoms with Gasteiger partial charge in [0.15, 0.2) is 0 Å². The number of carbonyl (C=O) groups is 1. The van der Waals surface area contributed by atoms with Crippen molar-refractivity contribution >= 4 is 5.91 Å². The molecular weight excluding hydrogens is 260 g/mol. The molecule has 3 heteroatoms. The molecule has 1 aliphatic carbocycles. The first-order valence-corrected chi connectivity index (χ1v) is 9.31. The van der Waals surface area contributed by atoms with Crippen LogP contribution in [0.3, 0.4) is 0 Å². The highest BCUT2D eigenvalue weighted by Gasteiger charge is 2.37. The summed E-state index contributed by atoms with van der Waals surface area (Å²) in [5, 5.41) is 3.68. The van der Waals surface area contributed by atoms with Crippen LogP contribution in [0.4, 0.5) is 0 Å². The largest absolute Gasteiger partial charge is 0.340 e. The smallest absolute Gasteiger partial charge is 0.222 e. The molecule has 1 N–H and O–H groups in total. The molecule has 21 heavy (non-hydrogen) atoms. The van der Waals surface area contributed by atoms with E-state index in [4.69, 9.17) is 0 Å². The Labute approximate surface area is 129 Å². The van der Waals surface area contributed by atoms with Crippen LogP contribution in [0.1, 0.15) is 77.6 Å². The van der Waals surface area contributed by atoms with Crippen LogP contribution in [-0.4, -0.2) is 35.5 Å². The first-order chi connectivity index (χ1) is 10.3. The molecule has 2 unspecified atom stereocenters. The summed E-state index contributed by atoms with van der Waals surface area (Å²) in [7, 11) is 0. The second-order valence-corrected chi connectivity index (χ2v) is 7.49. The molecular formula is C18H32N2O. The van der Waals surface area contributed by atoms with Gasteiger partial charge in [-0.3, -0.25) is 4.79 Å². The fourth-order valence-corrected chi connectivity index (χ4v) is 4.87. The van der Waals surface area contributed by atoms with Crippen molar-refractivity contribution in [3.05, 3.63) is 0 Å². The minimum atomic E-state index is 0.425. The molecule has 3 rings (SSSR count). The molecule has 3 aliphatic rings. The van der Waals surface area contributed by atoms with Crippen LogP contribution in [-0.2, 0) is 4.79 Å². The quantitative estimate of drug-likeness (QED) is 0.841. The Morgan fingerprint density at radius 1 is 1.05 bits per heavy atom. The van der Waals surface area contributed by atoms with E-state index in [0.29, 0.717) is 24.0 Å². The molecule has 2 atom stereocenters. The predicted octanol–water partition coefficient (Wildman–Crippen LogP) is 3.48. The van der Waals surface area contributed by atoms with Gasteiger partial charge in [-0.25, -0.2) is 0 Å². The van der Waals surface area contributed by atoms with E-state index in [-0.39, 0.29) is 0 Å². The number of piperidine rings is 1. The Morgan fingerprint density at radius 2 is 1.71 bits per heavy atom. The molecule has 3 fully saturated rings. The zero-order chi connectivity index (χ0) is 14.7. The summed E-state index contributed by atoms with van der Waals surface area (Å²) in [4.78, 5) is 14.9. The van der Waals surface area contributed by atoms with Gasteiger partial charge in [-0.05, 0) is 44.9 Å². The highest BCUT2D eigenvalue weighted by Crippen LogP contribution is 2.31. The van der Waals surface area contributed by atoms with E-state index < -0.39 is 0 Å². The lowest BCUT2D eigenvalue weighted by Gasteiger charge is -2.37. The maximum absolute atomic E-state index is 12.7. The van der Waals surface area contributed by atoms with Crippen molar-refractivity contribution in [3.8, 4) is 0 Å². The van der Waals surface area contributed by atoms with E-state index in [0.717, 1.165) is 25.3 Å². The highest BCUT2D eigenvalue weighted by atomic mass is 16.2. The number of amides is 1. The second kappa shape index (κ2) is 7.13. The Balaban J connectivity index is 1.49. The van der Waals surface area contributed by atoms with Gasteiger partial charge in [-0.2, -0.15) is 0 Å². The number of nitrogens with one attached hydrogen (secondary N) is 1. The van der Waals surface area contributed by atoms with Crippen molar-refractivity contribution < 1.29 is 4.79 Å². The van der Waals surface area contributed by atoms with Gasteiger partial charge in [0, 0.05) is 31.1 Å². The van der Waals surface area contributed by atoms with E-state index in [1.165, 1.54) is 57.8 Å². The lowest BCUT2D eigenvalue weighted by Crippen LogP contribution is -2.50. The molecule has 0 aromatic heterocycles. The molecule has 1 amide bonds. The minimum absolute atomic E-state index is 0.425. The number of rotatable bonds is 5. The summed E-state index contributed by atoms with van der Waals surface area (Å²) in [5.41, 5.74) is 0. The van der Waals surface area contributed by atoms with E-state index in [1.54, 1.807) is 0 Å². The van der Waals surface area contributed by atoms with Crippen molar-refractivity contribution in [2.45, 2.75) is 95.7 Å². The molecule has 2 aliphatic heterocycles. The Hall–Kier alpha value is -0.570. The average Bonchev–Trinajstić information content (AvgIpc) is 2.85. The maximum atomic E-state index is 12.7. The van der Waals surface area contributed by atoms with Gasteiger partial charge in [0.1, 0.15) is 0 Å². The molecule has 3 nitrogen and oxygen atoms in total. The first kappa shape index (κ1) is 15.3. The van der Waals surface area contributed by atoms with E-state index in [2.05, 4.69) is 17.1 Å². The Morgan fingerprint density at radius 3 is 2.33 bits per heavy atom. The van der Waals surface area contributed by atoms with E-state index in [1.807, 2.05) is 0 Å². The summed E-state index contributed by atoms with van der Waals surface area (Å²) in [6.45, 7) is 3.05. The second-order valence-electron chi connectivity index (χ2n) is 7.49. The van der Waals surface area contributed by atoms with Gasteiger partial charge >= 0.3 is 0 Å². The Kier molecular flexibility index (Phi) is 5.20. The third kappa shape index (κ3) is 3.80. The Bertz CT molecular complexity index is 339. The van der Waals surface area contributed by atoms with Crippen LogP contribution in [0.2, 0.25) is 0 Å². The third-order valence-electron chi connectivity index (χ3n) is 6.04. The van der Waals surface area contributed by atoms with Gasteiger partial charge in [0.05, 0.1) is 0 Å². The van der Waals surface area contributed by atoms with Gasteiger partial charge in [-0.1, -0.05) is 32.1 Å². The van der Waals surface area contributed by atoms with Crippen LogP contribution in [0.5, 0.6) is 0 Å². The average molecular weight is 292 g/mol. The monoisotopic (exact) mass is 292 g/mol. The van der Waals surface area contributed by atoms with Crippen LogP contribution >= 0.6 is 0 Å². The first-order valence-electron chi connectivity index (χ1n) is 9.31. The van der Waals surface area contributed by atoms with Crippen LogP contribution in [0.15, 0.2) is 0 Å². The highest BCUT2D eigenvalue weighted by molar-refractivity contribution is 5.76. The predicted molar refractivity (Wildman–Crippen MR) is 86.2 cm³/mol. The summed E-state index contributed by atoms with van der Waals surface area (Å²) in [5.74, 6) is 1.25. The fraction of sp³-hybridized carbons (Fsp3) is 0.944. The van der Waals surface area contributed by atoms with Gasteiger partial charge < -0.3 is 10.2 Å². The molecule has 120 valence electrons. The van der Waals surface area contributed by atoms with Crippen molar-refractivity contribution in [2.24, 2.45) is 5.92 Å². The number of carbonyl (C=O) groups excluding carboxylic acids is 1. The molecule has 2 heterocycles. The molecule has 0 aromatic carbocycles. The van der Waals surface area contributed by atoms with E-state index >= 15 is 0 Å². The molecule has 0 radical (unpaired) electrons. The van der Waals surface area contributed by atoms with Gasteiger partial charge in [0.2, 0.25) is 5.91 Å². The number of hydrogen-bond acceptors (Lipinski definition) is 2. The van der Waals surface area contributed by atoms with Gasteiger partial charge in [-0.15, -0.1) is 0 Å².